The van der Waals surface area contributed by atoms with Gasteiger partial charge >= 0.3 is 5.97 Å². The predicted octanol–water partition coefficient (Wildman–Crippen LogP) is 3.09. The normalized spacial score (nSPS) is 10.4. The molecule has 0 fully saturated rings. The molecule has 6 nitrogen and oxygen atoms in total. The molecule has 1 aromatic carbocycles. The molecule has 0 aliphatic heterocycles. The molecule has 0 bridgehead atoms. The molecule has 0 saturated heterocycles. The maximum absolute atomic E-state index is 12.4. The van der Waals surface area contributed by atoms with Crippen LogP contribution in [0.4, 0.5) is 0 Å². The van der Waals surface area contributed by atoms with Crippen LogP contribution in [0.2, 0.25) is 0 Å². The van der Waals surface area contributed by atoms with Gasteiger partial charge in [0.2, 0.25) is 0 Å². The molecular weight excluding hydrogens is 310 g/mol. The summed E-state index contributed by atoms with van der Waals surface area (Å²) in [5, 5.41) is 8.91. The molecule has 1 N–H and O–H groups in total. The summed E-state index contributed by atoms with van der Waals surface area (Å²) in [6.45, 7) is 3.33. The van der Waals surface area contributed by atoms with E-state index < -0.39 is 11.9 Å². The van der Waals surface area contributed by atoms with Crippen LogP contribution in [-0.4, -0.2) is 40.8 Å². The van der Waals surface area contributed by atoms with Crippen LogP contribution in [0, 0.1) is 0 Å². The summed E-state index contributed by atoms with van der Waals surface area (Å²) < 4.78 is 5.57. The van der Waals surface area contributed by atoms with Gasteiger partial charge in [-0.15, -0.1) is 0 Å². The zero-order chi connectivity index (χ0) is 17.7. The van der Waals surface area contributed by atoms with E-state index in [4.69, 9.17) is 9.52 Å². The maximum atomic E-state index is 12.4. The molecule has 126 valence electrons. The Labute approximate surface area is 139 Å². The van der Waals surface area contributed by atoms with Crippen LogP contribution in [-0.2, 0) is 4.79 Å². The lowest BCUT2D eigenvalue weighted by molar-refractivity contribution is -0.137. The third kappa shape index (κ3) is 4.10. The number of carbonyl (C=O) groups is 3. The standard InChI is InChI=1S/C18H19NO5/c1-3-10-19(11-17(21)22)18(23)16-9-8-15(24-16)14-6-4-13(5-7-14)12(2)20/h4-9H,3,10-11H2,1-2H3,(H,21,22). The van der Waals surface area contributed by atoms with E-state index in [2.05, 4.69) is 0 Å². The van der Waals surface area contributed by atoms with Crippen molar-refractivity contribution in [2.45, 2.75) is 20.3 Å². The minimum atomic E-state index is -1.07. The van der Waals surface area contributed by atoms with Gasteiger partial charge < -0.3 is 14.4 Å². The summed E-state index contributed by atoms with van der Waals surface area (Å²) in [5.74, 6) is -0.967. The van der Waals surface area contributed by atoms with E-state index in [-0.39, 0.29) is 18.1 Å². The van der Waals surface area contributed by atoms with Gasteiger partial charge in [0.1, 0.15) is 12.3 Å². The molecule has 2 aromatic rings. The van der Waals surface area contributed by atoms with Crippen molar-refractivity contribution in [3.05, 3.63) is 47.7 Å². The summed E-state index contributed by atoms with van der Waals surface area (Å²) in [5.41, 5.74) is 1.33. The van der Waals surface area contributed by atoms with Gasteiger partial charge in [-0.1, -0.05) is 31.2 Å². The topological polar surface area (TPSA) is 87.8 Å². The second-order valence-corrected chi connectivity index (χ2v) is 5.42. The highest BCUT2D eigenvalue weighted by Gasteiger charge is 2.21. The summed E-state index contributed by atoms with van der Waals surface area (Å²) in [4.78, 5) is 35.8. The summed E-state index contributed by atoms with van der Waals surface area (Å²) in [6, 6.07) is 10.0. The molecule has 0 saturated carbocycles. The summed E-state index contributed by atoms with van der Waals surface area (Å²) in [6.07, 6.45) is 0.652. The van der Waals surface area contributed by atoms with E-state index in [9.17, 15) is 14.4 Å². The lowest BCUT2D eigenvalue weighted by Crippen LogP contribution is -2.36. The summed E-state index contributed by atoms with van der Waals surface area (Å²) in [7, 11) is 0. The first-order chi connectivity index (χ1) is 11.4. The number of Topliss-reactive ketones (excluding diaryl/α,β-unsaturated/α-hetero) is 1. The van der Waals surface area contributed by atoms with Gasteiger partial charge in [0.15, 0.2) is 11.5 Å². The zero-order valence-corrected chi connectivity index (χ0v) is 13.6. The van der Waals surface area contributed by atoms with Crippen LogP contribution in [0.15, 0.2) is 40.8 Å². The number of aliphatic carboxylic acids is 1. The van der Waals surface area contributed by atoms with E-state index in [1.165, 1.54) is 17.9 Å². The van der Waals surface area contributed by atoms with E-state index >= 15 is 0 Å². The third-order valence-electron chi connectivity index (χ3n) is 3.50. The Morgan fingerprint density at radius 1 is 1.08 bits per heavy atom. The fraction of sp³-hybridized carbons (Fsp3) is 0.278. The molecule has 24 heavy (non-hydrogen) atoms. The average Bonchev–Trinajstić information content (AvgIpc) is 3.03. The van der Waals surface area contributed by atoms with Crippen molar-refractivity contribution in [3.63, 3.8) is 0 Å². The van der Waals surface area contributed by atoms with Crippen molar-refractivity contribution >= 4 is 17.7 Å². The molecule has 2 rings (SSSR count). The van der Waals surface area contributed by atoms with Crippen molar-refractivity contribution in [2.75, 3.05) is 13.1 Å². The van der Waals surface area contributed by atoms with E-state index in [1.54, 1.807) is 30.3 Å². The second kappa shape index (κ2) is 7.59. The monoisotopic (exact) mass is 329 g/mol. The van der Waals surface area contributed by atoms with E-state index in [0.717, 1.165) is 5.56 Å². The molecule has 0 unspecified atom stereocenters. The van der Waals surface area contributed by atoms with E-state index in [1.807, 2.05) is 6.92 Å². The molecule has 0 atom stereocenters. The number of hydrogen-bond acceptors (Lipinski definition) is 4. The van der Waals surface area contributed by atoms with Crippen LogP contribution in [0.25, 0.3) is 11.3 Å². The highest BCUT2D eigenvalue weighted by atomic mass is 16.4. The molecule has 1 amide bonds. The molecule has 6 heteroatoms. The van der Waals surface area contributed by atoms with Crippen LogP contribution >= 0.6 is 0 Å². The molecule has 1 aromatic heterocycles. The van der Waals surface area contributed by atoms with Crippen molar-refractivity contribution in [1.82, 2.24) is 4.90 Å². The molecule has 0 aliphatic rings. The van der Waals surface area contributed by atoms with Crippen LogP contribution in [0.3, 0.4) is 0 Å². The van der Waals surface area contributed by atoms with Gasteiger partial charge in [-0.3, -0.25) is 14.4 Å². The summed E-state index contributed by atoms with van der Waals surface area (Å²) >= 11 is 0. The zero-order valence-electron chi connectivity index (χ0n) is 13.6. The number of ketones is 1. The van der Waals surface area contributed by atoms with Gasteiger partial charge in [0.05, 0.1) is 0 Å². The number of amides is 1. The Morgan fingerprint density at radius 3 is 2.29 bits per heavy atom. The fourth-order valence-corrected chi connectivity index (χ4v) is 2.32. The molecule has 0 spiro atoms. The van der Waals surface area contributed by atoms with Crippen LogP contribution in [0.5, 0.6) is 0 Å². The number of nitrogens with zero attached hydrogens (tertiary/aromatic N) is 1. The van der Waals surface area contributed by atoms with Gasteiger partial charge in [-0.25, -0.2) is 0 Å². The van der Waals surface area contributed by atoms with Crippen molar-refractivity contribution in [2.24, 2.45) is 0 Å². The number of carboxylic acid groups (broad SMARTS) is 1. The Hall–Kier alpha value is -2.89. The van der Waals surface area contributed by atoms with Gasteiger partial charge in [-0.2, -0.15) is 0 Å². The number of hydrogen-bond donors (Lipinski definition) is 1. The molecule has 0 radical (unpaired) electrons. The lowest BCUT2D eigenvalue weighted by Gasteiger charge is -2.18. The minimum Gasteiger partial charge on any atom is -0.480 e. The fourth-order valence-electron chi connectivity index (χ4n) is 2.32. The number of carboxylic acids is 1. The van der Waals surface area contributed by atoms with Crippen LogP contribution < -0.4 is 0 Å². The van der Waals surface area contributed by atoms with Gasteiger partial charge in [-0.05, 0) is 25.5 Å². The average molecular weight is 329 g/mol. The third-order valence-corrected chi connectivity index (χ3v) is 3.50. The number of rotatable bonds is 7. The van der Waals surface area contributed by atoms with Crippen molar-refractivity contribution in [1.29, 1.82) is 0 Å². The molecule has 0 aliphatic carbocycles. The quantitative estimate of drug-likeness (QED) is 0.789. The van der Waals surface area contributed by atoms with Crippen molar-refractivity contribution in [3.8, 4) is 11.3 Å². The van der Waals surface area contributed by atoms with E-state index in [0.29, 0.717) is 24.3 Å². The molecular formula is C18H19NO5. The van der Waals surface area contributed by atoms with Gasteiger partial charge in [0, 0.05) is 17.7 Å². The van der Waals surface area contributed by atoms with Crippen LogP contribution in [0.1, 0.15) is 41.2 Å². The predicted molar refractivity (Wildman–Crippen MR) is 88.0 cm³/mol. The number of furan rings is 1. The largest absolute Gasteiger partial charge is 0.480 e. The number of carbonyl (C=O) groups excluding carboxylic acids is 2. The highest BCUT2D eigenvalue weighted by Crippen LogP contribution is 2.23. The lowest BCUT2D eigenvalue weighted by atomic mass is 10.1. The molecule has 1 heterocycles. The Bertz CT molecular complexity index is 745. The SMILES string of the molecule is CCCN(CC(=O)O)C(=O)c1ccc(-c2ccc(C(C)=O)cc2)o1. The van der Waals surface area contributed by atoms with Gasteiger partial charge in [0.25, 0.3) is 5.91 Å². The second-order valence-electron chi connectivity index (χ2n) is 5.42. The first-order valence-electron chi connectivity index (χ1n) is 7.64. The highest BCUT2D eigenvalue weighted by molar-refractivity contribution is 5.95. The van der Waals surface area contributed by atoms with Crippen molar-refractivity contribution < 1.29 is 23.9 Å². The maximum Gasteiger partial charge on any atom is 0.323 e. The Kier molecular flexibility index (Phi) is 5.52. The Balaban J connectivity index is 2.20. The minimum absolute atomic E-state index is 0.0271. The first kappa shape index (κ1) is 17.5. The Morgan fingerprint density at radius 2 is 1.75 bits per heavy atom. The first-order valence-corrected chi connectivity index (χ1v) is 7.64. The smallest absolute Gasteiger partial charge is 0.323 e. The number of benzene rings is 1.